The molecule has 1 aromatic heterocycles. The van der Waals surface area contributed by atoms with Crippen molar-refractivity contribution >= 4 is 45.6 Å². The number of ether oxygens (including phenoxy) is 1. The van der Waals surface area contributed by atoms with Crippen LogP contribution in [0.3, 0.4) is 0 Å². The number of methoxy groups -OCH3 is 1. The van der Waals surface area contributed by atoms with Gasteiger partial charge in [-0.15, -0.1) is 0 Å². The summed E-state index contributed by atoms with van der Waals surface area (Å²) in [7, 11) is 1.16. The number of nitrogens with zero attached hydrogens (tertiary/aromatic N) is 3. The number of hydrogen-bond donors (Lipinski definition) is 2. The first-order valence-electron chi connectivity index (χ1n) is 8.08. The van der Waals surface area contributed by atoms with E-state index in [-0.39, 0.29) is 47.4 Å². The van der Waals surface area contributed by atoms with Gasteiger partial charge in [-0.25, -0.2) is 4.79 Å². The van der Waals surface area contributed by atoms with Gasteiger partial charge in [0.2, 0.25) is 0 Å². The minimum Gasteiger partial charge on any atom is -0.466 e. The molecule has 0 fully saturated rings. The molecule has 1 aliphatic rings. The Balaban J connectivity index is 2.18. The van der Waals surface area contributed by atoms with Gasteiger partial charge in [-0.2, -0.15) is 0 Å². The predicted molar refractivity (Wildman–Crippen MR) is 99.7 cm³/mol. The number of fused-ring (bicyclic) bond motifs is 1. The normalized spacial score (nSPS) is 14.0. The highest BCUT2D eigenvalue weighted by Crippen LogP contribution is 2.39. The van der Waals surface area contributed by atoms with E-state index < -0.39 is 16.8 Å². The molecule has 0 atom stereocenters. The summed E-state index contributed by atoms with van der Waals surface area (Å²) in [6, 6.07) is 2.74. The fourth-order valence-corrected chi connectivity index (χ4v) is 3.23. The molecule has 0 saturated heterocycles. The summed E-state index contributed by atoms with van der Waals surface area (Å²) >= 11 is 6.14. The largest absolute Gasteiger partial charge is 0.466 e. The third kappa shape index (κ3) is 3.35. The molecule has 0 aliphatic carbocycles. The van der Waals surface area contributed by atoms with Crippen molar-refractivity contribution in [1.82, 2.24) is 9.88 Å². The lowest BCUT2D eigenvalue weighted by Crippen LogP contribution is -2.31. The standard InChI is InChI=1S/C17H15ClN4O6/c1-28-17(25)11-8-21(4-5-23)16(24)15(11)20-14-10-7-19-3-2-9(10)12(18)6-13(14)22(26)27/h2-3,6-7,20,23H,4-5,8H2,1H3. The van der Waals surface area contributed by atoms with Gasteiger partial charge in [-0.3, -0.25) is 19.9 Å². The lowest BCUT2D eigenvalue weighted by atomic mass is 10.1. The number of carbonyl (C=O) groups excluding carboxylic acids is 2. The van der Waals surface area contributed by atoms with Crippen molar-refractivity contribution in [2.24, 2.45) is 0 Å². The van der Waals surface area contributed by atoms with Crippen LogP contribution in [0.25, 0.3) is 10.8 Å². The zero-order valence-electron chi connectivity index (χ0n) is 14.6. The first-order chi connectivity index (χ1) is 13.4. The Labute approximate surface area is 163 Å². The Morgan fingerprint density at radius 2 is 2.25 bits per heavy atom. The molecule has 1 amide bonds. The van der Waals surface area contributed by atoms with Gasteiger partial charge in [0, 0.05) is 35.8 Å². The molecule has 2 aromatic rings. The second-order valence-corrected chi connectivity index (χ2v) is 6.26. The van der Waals surface area contributed by atoms with Gasteiger partial charge in [-0.05, 0) is 6.07 Å². The number of benzene rings is 1. The highest BCUT2D eigenvalue weighted by molar-refractivity contribution is 6.36. The topological polar surface area (TPSA) is 135 Å². The van der Waals surface area contributed by atoms with Crippen molar-refractivity contribution < 1.29 is 24.4 Å². The van der Waals surface area contributed by atoms with Crippen LogP contribution in [0.1, 0.15) is 0 Å². The summed E-state index contributed by atoms with van der Waals surface area (Å²) in [5.41, 5.74) is -0.554. The Kier molecular flexibility index (Phi) is 5.43. The van der Waals surface area contributed by atoms with Gasteiger partial charge in [-0.1, -0.05) is 11.6 Å². The Hall–Kier alpha value is -3.24. The first-order valence-corrected chi connectivity index (χ1v) is 8.46. The van der Waals surface area contributed by atoms with Gasteiger partial charge in [0.25, 0.3) is 11.6 Å². The van der Waals surface area contributed by atoms with E-state index >= 15 is 0 Å². The number of rotatable bonds is 6. The smallest absolute Gasteiger partial charge is 0.337 e. The van der Waals surface area contributed by atoms with Crippen molar-refractivity contribution in [3.63, 3.8) is 0 Å². The number of aliphatic hydroxyl groups excluding tert-OH is 1. The molecule has 0 bridgehead atoms. The number of amides is 1. The summed E-state index contributed by atoms with van der Waals surface area (Å²) in [6.45, 7) is -0.400. The van der Waals surface area contributed by atoms with Crippen LogP contribution in [0, 0.1) is 10.1 Å². The summed E-state index contributed by atoms with van der Waals surface area (Å²) in [5.74, 6) is -1.34. The summed E-state index contributed by atoms with van der Waals surface area (Å²) in [5, 5.41) is 24.4. The monoisotopic (exact) mass is 406 g/mol. The maximum atomic E-state index is 12.7. The number of β-amino-alcohol motifs (C(OH)–C–C–N with tert-alkyl or cyclic N) is 1. The van der Waals surface area contributed by atoms with Crippen LogP contribution in [0.5, 0.6) is 0 Å². The minimum absolute atomic E-state index is 0.00207. The molecule has 0 spiro atoms. The van der Waals surface area contributed by atoms with Gasteiger partial charge < -0.3 is 20.1 Å². The van der Waals surface area contributed by atoms with Crippen LogP contribution in [0.4, 0.5) is 11.4 Å². The third-order valence-electron chi connectivity index (χ3n) is 4.27. The van der Waals surface area contributed by atoms with Crippen molar-refractivity contribution in [3.05, 3.63) is 50.9 Å². The van der Waals surface area contributed by atoms with Crippen LogP contribution in [0.2, 0.25) is 5.02 Å². The number of nitrogens with one attached hydrogen (secondary N) is 1. The lowest BCUT2D eigenvalue weighted by molar-refractivity contribution is -0.383. The number of carbonyl (C=O) groups is 2. The van der Waals surface area contributed by atoms with Crippen LogP contribution in [-0.2, 0) is 14.3 Å². The van der Waals surface area contributed by atoms with Gasteiger partial charge in [0.05, 0.1) is 35.8 Å². The molecule has 11 heteroatoms. The van der Waals surface area contributed by atoms with E-state index in [2.05, 4.69) is 10.3 Å². The Morgan fingerprint density at radius 3 is 2.89 bits per heavy atom. The number of nitro groups is 1. The highest BCUT2D eigenvalue weighted by atomic mass is 35.5. The molecular formula is C17H15ClN4O6. The lowest BCUT2D eigenvalue weighted by Gasteiger charge is -2.15. The van der Waals surface area contributed by atoms with E-state index in [9.17, 15) is 19.7 Å². The first kappa shape index (κ1) is 19.5. The molecule has 0 saturated carbocycles. The third-order valence-corrected chi connectivity index (χ3v) is 4.58. The molecule has 1 aliphatic heterocycles. The molecule has 10 nitrogen and oxygen atoms in total. The van der Waals surface area contributed by atoms with E-state index in [4.69, 9.17) is 21.4 Å². The maximum absolute atomic E-state index is 12.7. The van der Waals surface area contributed by atoms with Crippen LogP contribution in [-0.4, -0.2) is 58.6 Å². The number of hydrogen-bond acceptors (Lipinski definition) is 8. The summed E-state index contributed by atoms with van der Waals surface area (Å²) in [6.07, 6.45) is 2.85. The molecule has 28 heavy (non-hydrogen) atoms. The maximum Gasteiger partial charge on any atom is 0.337 e. The molecule has 146 valence electrons. The molecule has 3 rings (SSSR count). The number of aliphatic hydroxyl groups is 1. The number of pyridine rings is 1. The Bertz CT molecular complexity index is 1020. The summed E-state index contributed by atoms with van der Waals surface area (Å²) in [4.78, 5) is 40.9. The quantitative estimate of drug-likeness (QED) is 0.418. The zero-order valence-corrected chi connectivity index (χ0v) is 15.4. The number of nitro benzene ring substituents is 1. The van der Waals surface area contributed by atoms with Gasteiger partial charge in [0.15, 0.2) is 0 Å². The molecule has 2 heterocycles. The molecular weight excluding hydrogens is 392 g/mol. The number of esters is 1. The summed E-state index contributed by atoms with van der Waals surface area (Å²) < 4.78 is 4.72. The van der Waals surface area contributed by atoms with E-state index in [1.807, 2.05) is 0 Å². The van der Waals surface area contributed by atoms with Gasteiger partial charge in [0.1, 0.15) is 11.4 Å². The van der Waals surface area contributed by atoms with Crippen molar-refractivity contribution in [3.8, 4) is 0 Å². The van der Waals surface area contributed by atoms with Gasteiger partial charge >= 0.3 is 5.97 Å². The average Bonchev–Trinajstić information content (AvgIpc) is 2.99. The fraction of sp³-hybridized carbons (Fsp3) is 0.235. The predicted octanol–water partition coefficient (Wildman–Crippen LogP) is 1.47. The fourth-order valence-electron chi connectivity index (χ4n) is 2.96. The van der Waals surface area contributed by atoms with Crippen molar-refractivity contribution in [1.29, 1.82) is 0 Å². The average molecular weight is 407 g/mol. The number of halogens is 1. The second-order valence-electron chi connectivity index (χ2n) is 5.85. The Morgan fingerprint density at radius 1 is 1.50 bits per heavy atom. The SMILES string of the molecule is COC(=O)C1=C(Nc2c([N+](=O)[O-])cc(Cl)c3ccncc23)C(=O)N(CCO)C1. The van der Waals surface area contributed by atoms with E-state index in [0.717, 1.165) is 13.2 Å². The van der Waals surface area contributed by atoms with Crippen LogP contribution in [0.15, 0.2) is 35.8 Å². The number of anilines is 1. The molecule has 0 radical (unpaired) electrons. The highest BCUT2D eigenvalue weighted by Gasteiger charge is 2.36. The molecule has 0 unspecified atom stereocenters. The van der Waals surface area contributed by atoms with Crippen molar-refractivity contribution in [2.75, 3.05) is 32.1 Å². The van der Waals surface area contributed by atoms with Crippen molar-refractivity contribution in [2.45, 2.75) is 0 Å². The van der Waals surface area contributed by atoms with Crippen LogP contribution < -0.4 is 5.32 Å². The number of aromatic nitrogens is 1. The van der Waals surface area contributed by atoms with E-state index in [1.54, 1.807) is 6.07 Å². The zero-order chi connectivity index (χ0) is 20.4. The second kappa shape index (κ2) is 7.79. The molecule has 2 N–H and O–H groups in total. The molecule has 1 aromatic carbocycles. The minimum atomic E-state index is -0.754. The van der Waals surface area contributed by atoms with E-state index in [0.29, 0.717) is 10.8 Å². The van der Waals surface area contributed by atoms with Crippen LogP contribution >= 0.6 is 11.6 Å². The van der Waals surface area contributed by atoms with E-state index in [1.165, 1.54) is 17.3 Å².